The molecule has 0 aliphatic heterocycles. The number of aryl methyl sites for hydroxylation is 1. The van der Waals surface area contributed by atoms with Gasteiger partial charge in [-0.3, -0.25) is 9.36 Å². The second-order valence-corrected chi connectivity index (χ2v) is 10.4. The molecule has 0 fully saturated rings. The minimum Gasteiger partial charge on any atom is -0.394 e. The number of aromatic amines is 1. The second-order valence-electron chi connectivity index (χ2n) is 10.4. The molecule has 0 radical (unpaired) electrons. The number of H-pyrrole nitrogens is 1. The maximum atomic E-state index is 13.1. The number of imidazole rings is 1. The normalized spacial score (nSPS) is 11.7. The van der Waals surface area contributed by atoms with Crippen LogP contribution in [0.25, 0.3) is 39.2 Å². The Labute approximate surface area is 227 Å². The molecule has 0 saturated carbocycles. The third-order valence-corrected chi connectivity index (χ3v) is 6.94. The van der Waals surface area contributed by atoms with Gasteiger partial charge in [-0.2, -0.15) is 5.21 Å². The van der Waals surface area contributed by atoms with Crippen LogP contribution in [0.3, 0.4) is 0 Å². The molecule has 3 aromatic carbocycles. The summed E-state index contributed by atoms with van der Waals surface area (Å²) in [4.78, 5) is 18.1. The highest BCUT2D eigenvalue weighted by Gasteiger charge is 2.22. The molecular formula is C30H33N7O2. The van der Waals surface area contributed by atoms with Crippen LogP contribution in [0.15, 0.2) is 60.7 Å². The number of unbranched alkanes of at least 4 members (excludes halogenated alkanes) is 1. The number of hydrogen-bond donors (Lipinski definition) is 3. The predicted molar refractivity (Wildman–Crippen MR) is 152 cm³/mol. The number of hydrogen-bond acceptors (Lipinski definition) is 6. The average Bonchev–Trinajstić information content (AvgIpc) is 3.60. The van der Waals surface area contributed by atoms with Crippen molar-refractivity contribution in [2.75, 3.05) is 6.61 Å². The van der Waals surface area contributed by atoms with Gasteiger partial charge in [-0.25, -0.2) is 4.98 Å². The Kier molecular flexibility index (Phi) is 7.26. The van der Waals surface area contributed by atoms with Crippen molar-refractivity contribution < 1.29 is 9.90 Å². The van der Waals surface area contributed by atoms with Gasteiger partial charge in [0.15, 0.2) is 0 Å². The molecule has 0 unspecified atom stereocenters. The molecule has 39 heavy (non-hydrogen) atoms. The molecule has 5 rings (SSSR count). The maximum absolute atomic E-state index is 13.1. The molecule has 2 heterocycles. The molecule has 9 heteroatoms. The fourth-order valence-corrected chi connectivity index (χ4v) is 4.80. The van der Waals surface area contributed by atoms with Crippen LogP contribution in [0.4, 0.5) is 0 Å². The maximum Gasteiger partial charge on any atom is 0.251 e. The van der Waals surface area contributed by atoms with Crippen LogP contribution >= 0.6 is 0 Å². The van der Waals surface area contributed by atoms with Gasteiger partial charge in [0.1, 0.15) is 5.82 Å². The summed E-state index contributed by atoms with van der Waals surface area (Å²) in [6, 6.07) is 19.8. The smallest absolute Gasteiger partial charge is 0.251 e. The van der Waals surface area contributed by atoms with E-state index < -0.39 is 5.54 Å². The van der Waals surface area contributed by atoms with Crippen LogP contribution < -0.4 is 5.32 Å². The van der Waals surface area contributed by atoms with Crippen LogP contribution in [0, 0.1) is 6.92 Å². The monoisotopic (exact) mass is 523 g/mol. The van der Waals surface area contributed by atoms with E-state index >= 15 is 0 Å². The Morgan fingerprint density at radius 1 is 1.05 bits per heavy atom. The zero-order chi connectivity index (χ0) is 27.6. The van der Waals surface area contributed by atoms with E-state index in [4.69, 9.17) is 4.98 Å². The van der Waals surface area contributed by atoms with Crippen molar-refractivity contribution in [3.05, 3.63) is 77.6 Å². The predicted octanol–water partition coefficient (Wildman–Crippen LogP) is 5.02. The van der Waals surface area contributed by atoms with Crippen molar-refractivity contribution in [2.24, 2.45) is 0 Å². The number of carbonyl (C=O) groups excluding carboxylic acids is 1. The first-order valence-electron chi connectivity index (χ1n) is 13.2. The summed E-state index contributed by atoms with van der Waals surface area (Å²) in [5, 5.41) is 27.2. The van der Waals surface area contributed by atoms with Gasteiger partial charge in [0.2, 0.25) is 5.82 Å². The topological polar surface area (TPSA) is 122 Å². The summed E-state index contributed by atoms with van der Waals surface area (Å²) < 4.78 is 2.18. The number of nitrogens with one attached hydrogen (secondary N) is 2. The molecule has 0 spiro atoms. The number of benzene rings is 3. The molecule has 200 valence electrons. The molecule has 2 aromatic heterocycles. The minimum atomic E-state index is -0.727. The molecule has 9 nitrogen and oxygen atoms in total. The number of aliphatic hydroxyl groups is 1. The minimum absolute atomic E-state index is 0.155. The lowest BCUT2D eigenvalue weighted by atomic mass is 9.94. The Bertz CT molecular complexity index is 1620. The number of fused-ring (bicyclic) bond motifs is 1. The summed E-state index contributed by atoms with van der Waals surface area (Å²) in [6.45, 7) is 7.69. The SMILES string of the molecule is CCCCc1nc2ccc(C(=O)NC(C)(C)CO)cc2n1-c1cccc(-c2ccccc2-c2nn[nH]n2)c1C. The van der Waals surface area contributed by atoms with Crippen LogP contribution in [0.2, 0.25) is 0 Å². The fraction of sp³-hybridized carbons (Fsp3) is 0.300. The summed E-state index contributed by atoms with van der Waals surface area (Å²) >= 11 is 0. The van der Waals surface area contributed by atoms with E-state index in [1.54, 1.807) is 19.9 Å². The first-order valence-corrected chi connectivity index (χ1v) is 13.2. The molecule has 3 N–H and O–H groups in total. The number of tetrazole rings is 1. The highest BCUT2D eigenvalue weighted by Crippen LogP contribution is 2.35. The van der Waals surface area contributed by atoms with Gasteiger partial charge in [-0.1, -0.05) is 49.7 Å². The molecule has 0 atom stereocenters. The van der Waals surface area contributed by atoms with Gasteiger partial charge >= 0.3 is 0 Å². The van der Waals surface area contributed by atoms with Crippen molar-refractivity contribution >= 4 is 16.9 Å². The van der Waals surface area contributed by atoms with E-state index in [1.807, 2.05) is 36.4 Å². The van der Waals surface area contributed by atoms with Crippen molar-refractivity contribution in [3.63, 3.8) is 0 Å². The molecular weight excluding hydrogens is 490 g/mol. The van der Waals surface area contributed by atoms with Gasteiger partial charge in [0.05, 0.1) is 28.9 Å². The molecule has 0 saturated heterocycles. The fourth-order valence-electron chi connectivity index (χ4n) is 4.80. The second kappa shape index (κ2) is 10.8. The zero-order valence-electron chi connectivity index (χ0n) is 22.7. The summed E-state index contributed by atoms with van der Waals surface area (Å²) in [7, 11) is 0. The van der Waals surface area contributed by atoms with Crippen molar-refractivity contribution in [1.82, 2.24) is 35.5 Å². The Balaban J connectivity index is 1.67. The quantitative estimate of drug-likeness (QED) is 0.249. The number of amides is 1. The van der Waals surface area contributed by atoms with Crippen LogP contribution in [-0.4, -0.2) is 53.3 Å². The zero-order valence-corrected chi connectivity index (χ0v) is 22.7. The van der Waals surface area contributed by atoms with Gasteiger partial charge in [0.25, 0.3) is 5.91 Å². The van der Waals surface area contributed by atoms with Crippen molar-refractivity contribution in [2.45, 2.75) is 52.5 Å². The Morgan fingerprint density at radius 3 is 2.54 bits per heavy atom. The van der Waals surface area contributed by atoms with Gasteiger partial charge in [-0.05, 0) is 73.4 Å². The Hall–Kier alpha value is -4.37. The van der Waals surface area contributed by atoms with Crippen LogP contribution in [-0.2, 0) is 6.42 Å². The van der Waals surface area contributed by atoms with Gasteiger partial charge in [0, 0.05) is 17.5 Å². The lowest BCUT2D eigenvalue weighted by molar-refractivity contribution is 0.0869. The third kappa shape index (κ3) is 5.18. The number of rotatable bonds is 9. The van der Waals surface area contributed by atoms with E-state index in [0.717, 1.165) is 64.1 Å². The third-order valence-electron chi connectivity index (χ3n) is 6.94. The number of aromatic nitrogens is 6. The number of aliphatic hydroxyl groups excluding tert-OH is 1. The summed E-state index contributed by atoms with van der Waals surface area (Å²) in [5.74, 6) is 1.25. The lowest BCUT2D eigenvalue weighted by Crippen LogP contribution is -2.46. The van der Waals surface area contributed by atoms with Crippen molar-refractivity contribution in [3.8, 4) is 28.2 Å². The van der Waals surface area contributed by atoms with E-state index in [1.165, 1.54) is 0 Å². The van der Waals surface area contributed by atoms with E-state index in [2.05, 4.69) is 62.6 Å². The highest BCUT2D eigenvalue weighted by molar-refractivity contribution is 5.98. The average molecular weight is 524 g/mol. The standard InChI is InChI=1S/C30H33N7O2/c1-5-6-14-27-31-24-16-15-20(29(39)32-30(3,4)18-38)17-26(24)37(27)25-13-9-12-21(19(25)2)22-10-7-8-11-23(22)28-33-35-36-34-28/h7-13,15-17,38H,5-6,14,18H2,1-4H3,(H,32,39)(H,33,34,35,36). The van der Waals surface area contributed by atoms with Gasteiger partial charge < -0.3 is 10.4 Å². The van der Waals surface area contributed by atoms with Gasteiger partial charge in [-0.15, -0.1) is 10.2 Å². The van der Waals surface area contributed by atoms with E-state index in [0.29, 0.717) is 11.4 Å². The first kappa shape index (κ1) is 26.2. The van der Waals surface area contributed by atoms with Crippen molar-refractivity contribution in [1.29, 1.82) is 0 Å². The number of carbonyl (C=O) groups is 1. The highest BCUT2D eigenvalue weighted by atomic mass is 16.3. The first-order chi connectivity index (χ1) is 18.8. The largest absolute Gasteiger partial charge is 0.394 e. The Morgan fingerprint density at radius 2 is 1.82 bits per heavy atom. The molecule has 1 amide bonds. The van der Waals surface area contributed by atoms with E-state index in [-0.39, 0.29) is 12.5 Å². The number of nitrogens with zero attached hydrogens (tertiary/aromatic N) is 5. The molecule has 0 bridgehead atoms. The molecule has 0 aliphatic rings. The van der Waals surface area contributed by atoms with Crippen LogP contribution in [0.1, 0.15) is 55.4 Å². The summed E-state index contributed by atoms with van der Waals surface area (Å²) in [5.41, 5.74) is 6.49. The summed E-state index contributed by atoms with van der Waals surface area (Å²) in [6.07, 6.45) is 2.86. The lowest BCUT2D eigenvalue weighted by Gasteiger charge is -2.23. The molecule has 0 aliphatic carbocycles. The molecule has 5 aromatic rings. The van der Waals surface area contributed by atoms with Crippen LogP contribution in [0.5, 0.6) is 0 Å². The van der Waals surface area contributed by atoms with E-state index in [9.17, 15) is 9.90 Å².